The molecular formula is C6H6N4O2. The highest BCUT2D eigenvalue weighted by Gasteiger charge is 2.27. The van der Waals surface area contributed by atoms with E-state index in [9.17, 15) is 4.79 Å². The number of nitrogens with one attached hydrogen (secondary N) is 2. The minimum absolute atomic E-state index is 0.0643. The molecule has 0 amide bonds. The summed E-state index contributed by atoms with van der Waals surface area (Å²) in [5.74, 6) is -0.533. The maximum atomic E-state index is 10.6. The molecule has 0 atom stereocenters. The van der Waals surface area contributed by atoms with Crippen molar-refractivity contribution in [2.45, 2.75) is 0 Å². The third-order valence-electron chi connectivity index (χ3n) is 1.47. The van der Waals surface area contributed by atoms with Crippen molar-refractivity contribution >= 4 is 11.8 Å². The quantitative estimate of drug-likeness (QED) is 0.473. The Morgan fingerprint density at radius 1 is 1.67 bits per heavy atom. The Bertz CT molecular complexity index is 318. The second-order valence-corrected chi connectivity index (χ2v) is 2.23. The van der Waals surface area contributed by atoms with Gasteiger partial charge in [0.05, 0.1) is 0 Å². The van der Waals surface area contributed by atoms with Crippen molar-refractivity contribution in [3.8, 4) is 0 Å². The van der Waals surface area contributed by atoms with E-state index in [1.165, 1.54) is 5.01 Å². The summed E-state index contributed by atoms with van der Waals surface area (Å²) in [6.07, 6.45) is 5.09. The number of hydrazine groups is 1. The Morgan fingerprint density at radius 2 is 2.50 bits per heavy atom. The van der Waals surface area contributed by atoms with E-state index in [2.05, 4.69) is 16.0 Å². The summed E-state index contributed by atoms with van der Waals surface area (Å²) in [5, 5.41) is 13.6. The van der Waals surface area contributed by atoms with Crippen LogP contribution in [-0.2, 0) is 4.79 Å². The molecule has 0 unspecified atom stereocenters. The highest BCUT2D eigenvalue weighted by atomic mass is 16.4. The first kappa shape index (κ1) is 6.71. The average Bonchev–Trinajstić information content (AvgIpc) is 2.47. The minimum atomic E-state index is -1.08. The highest BCUT2D eigenvalue weighted by Crippen LogP contribution is 2.09. The molecule has 2 rings (SSSR count). The zero-order valence-electron chi connectivity index (χ0n) is 5.98. The van der Waals surface area contributed by atoms with Gasteiger partial charge in [-0.25, -0.2) is 9.80 Å². The lowest BCUT2D eigenvalue weighted by Crippen LogP contribution is -2.41. The number of carbonyl (C=O) groups is 1. The first-order valence-corrected chi connectivity index (χ1v) is 3.29. The van der Waals surface area contributed by atoms with E-state index in [4.69, 9.17) is 5.11 Å². The van der Waals surface area contributed by atoms with Crippen molar-refractivity contribution in [3.05, 3.63) is 24.2 Å². The summed E-state index contributed by atoms with van der Waals surface area (Å²) in [6.45, 7) is 0. The van der Waals surface area contributed by atoms with Gasteiger partial charge in [0.1, 0.15) is 5.82 Å². The lowest BCUT2D eigenvalue weighted by atomic mass is 10.4. The fourth-order valence-corrected chi connectivity index (χ4v) is 0.967. The zero-order chi connectivity index (χ0) is 8.55. The maximum Gasteiger partial charge on any atom is 0.375 e. The van der Waals surface area contributed by atoms with E-state index in [1.54, 1.807) is 18.4 Å². The molecule has 0 aromatic heterocycles. The van der Waals surface area contributed by atoms with Crippen molar-refractivity contribution in [3.63, 3.8) is 0 Å². The monoisotopic (exact) mass is 166 g/mol. The predicted molar refractivity (Wildman–Crippen MR) is 40.4 cm³/mol. The summed E-state index contributed by atoms with van der Waals surface area (Å²) >= 11 is 0. The third-order valence-corrected chi connectivity index (χ3v) is 1.47. The number of fused-ring (bicyclic) bond motifs is 1. The van der Waals surface area contributed by atoms with Gasteiger partial charge in [0, 0.05) is 6.20 Å². The van der Waals surface area contributed by atoms with Crippen LogP contribution < -0.4 is 10.9 Å². The molecule has 3 N–H and O–H groups in total. The molecule has 12 heavy (non-hydrogen) atoms. The van der Waals surface area contributed by atoms with E-state index in [0.717, 1.165) is 0 Å². The van der Waals surface area contributed by atoms with Gasteiger partial charge in [0.15, 0.2) is 0 Å². The van der Waals surface area contributed by atoms with Crippen molar-refractivity contribution in [2.24, 2.45) is 5.10 Å². The van der Waals surface area contributed by atoms with E-state index >= 15 is 0 Å². The molecule has 0 aromatic carbocycles. The SMILES string of the molecule is O=C(O)C1=NNC2=CC=CNN21. The topological polar surface area (TPSA) is 77.0 Å². The van der Waals surface area contributed by atoms with E-state index in [0.29, 0.717) is 5.82 Å². The fraction of sp³-hybridized carbons (Fsp3) is 0. The molecule has 0 bridgehead atoms. The molecule has 0 saturated carbocycles. The molecule has 0 saturated heterocycles. The van der Waals surface area contributed by atoms with Gasteiger partial charge < -0.3 is 5.11 Å². The van der Waals surface area contributed by atoms with Crippen LogP contribution in [0.1, 0.15) is 0 Å². The summed E-state index contributed by atoms with van der Waals surface area (Å²) in [6, 6.07) is 0. The predicted octanol–water partition coefficient (Wildman–Crippen LogP) is -0.837. The number of hydrogen-bond donors (Lipinski definition) is 3. The second-order valence-electron chi connectivity index (χ2n) is 2.23. The summed E-state index contributed by atoms with van der Waals surface area (Å²) in [5.41, 5.74) is 5.29. The molecular weight excluding hydrogens is 160 g/mol. The number of carboxylic acid groups (broad SMARTS) is 1. The molecule has 62 valence electrons. The van der Waals surface area contributed by atoms with Crippen molar-refractivity contribution in [2.75, 3.05) is 0 Å². The van der Waals surface area contributed by atoms with Gasteiger partial charge >= 0.3 is 5.97 Å². The van der Waals surface area contributed by atoms with Gasteiger partial charge in [-0.05, 0) is 12.2 Å². The zero-order valence-corrected chi connectivity index (χ0v) is 5.98. The van der Waals surface area contributed by atoms with Crippen LogP contribution in [0.4, 0.5) is 0 Å². The van der Waals surface area contributed by atoms with Gasteiger partial charge in [0.25, 0.3) is 5.84 Å². The Labute approximate surface area is 67.8 Å². The number of nitrogens with zero attached hydrogens (tertiary/aromatic N) is 2. The third kappa shape index (κ3) is 0.815. The number of rotatable bonds is 1. The van der Waals surface area contributed by atoms with Gasteiger partial charge in [-0.2, -0.15) is 0 Å². The molecule has 6 nitrogen and oxygen atoms in total. The van der Waals surface area contributed by atoms with Crippen LogP contribution in [0.3, 0.4) is 0 Å². The summed E-state index contributed by atoms with van der Waals surface area (Å²) in [7, 11) is 0. The molecule has 0 aromatic rings. The Morgan fingerprint density at radius 3 is 3.25 bits per heavy atom. The van der Waals surface area contributed by atoms with Crippen LogP contribution in [0.5, 0.6) is 0 Å². The van der Waals surface area contributed by atoms with Crippen LogP contribution in [0.2, 0.25) is 0 Å². The maximum absolute atomic E-state index is 10.6. The number of carboxylic acids is 1. The minimum Gasteiger partial charge on any atom is -0.475 e. The molecule has 0 radical (unpaired) electrons. The Kier molecular flexibility index (Phi) is 1.26. The number of amidine groups is 1. The second kappa shape index (κ2) is 2.26. The molecule has 2 aliphatic rings. The summed E-state index contributed by atoms with van der Waals surface area (Å²) in [4.78, 5) is 10.6. The van der Waals surface area contributed by atoms with Gasteiger partial charge in [-0.15, -0.1) is 5.10 Å². The van der Waals surface area contributed by atoms with Crippen molar-refractivity contribution < 1.29 is 9.90 Å². The van der Waals surface area contributed by atoms with Crippen LogP contribution >= 0.6 is 0 Å². The van der Waals surface area contributed by atoms with Crippen LogP contribution in [0.25, 0.3) is 0 Å². The molecule has 0 aliphatic carbocycles. The Hall–Kier alpha value is -1.98. The first-order chi connectivity index (χ1) is 5.79. The normalized spacial score (nSPS) is 18.8. The van der Waals surface area contributed by atoms with Gasteiger partial charge in [-0.1, -0.05) is 0 Å². The van der Waals surface area contributed by atoms with Crippen molar-refractivity contribution in [1.82, 2.24) is 15.9 Å². The van der Waals surface area contributed by atoms with Crippen LogP contribution in [-0.4, -0.2) is 21.9 Å². The van der Waals surface area contributed by atoms with Crippen LogP contribution in [0, 0.1) is 0 Å². The summed E-state index contributed by atoms with van der Waals surface area (Å²) < 4.78 is 0. The number of allylic oxidation sites excluding steroid dienone is 2. The number of aliphatic carboxylic acids is 1. The van der Waals surface area contributed by atoms with Crippen molar-refractivity contribution in [1.29, 1.82) is 0 Å². The van der Waals surface area contributed by atoms with Gasteiger partial charge in [0.2, 0.25) is 0 Å². The number of hydrogen-bond acceptors (Lipinski definition) is 5. The standard InChI is InChI=1S/C6H6N4O2/c11-6(12)5-9-8-4-2-1-3-7-10(4)5/h1-3,7-8H,(H,11,12). The number of hydrazone groups is 1. The van der Waals surface area contributed by atoms with Crippen LogP contribution in [0.15, 0.2) is 29.3 Å². The first-order valence-electron chi connectivity index (χ1n) is 3.29. The molecule has 0 fully saturated rings. The highest BCUT2D eigenvalue weighted by molar-refractivity contribution is 6.35. The largest absolute Gasteiger partial charge is 0.475 e. The molecule has 2 heterocycles. The molecule has 0 spiro atoms. The lowest BCUT2D eigenvalue weighted by molar-refractivity contribution is -0.130. The molecule has 2 aliphatic heterocycles. The fourth-order valence-electron chi connectivity index (χ4n) is 0.967. The smallest absolute Gasteiger partial charge is 0.375 e. The van der Waals surface area contributed by atoms with Gasteiger partial charge in [-0.3, -0.25) is 10.9 Å². The average molecular weight is 166 g/mol. The Balaban J connectivity index is 2.28. The van der Waals surface area contributed by atoms with E-state index in [-0.39, 0.29) is 5.84 Å². The molecule has 6 heteroatoms. The van der Waals surface area contributed by atoms with E-state index in [1.807, 2.05) is 0 Å². The lowest BCUT2D eigenvalue weighted by Gasteiger charge is -2.20. The van der Waals surface area contributed by atoms with E-state index < -0.39 is 5.97 Å².